The molecule has 3 rings (SSSR count). The molecule has 0 bridgehead atoms. The summed E-state index contributed by atoms with van der Waals surface area (Å²) in [4.78, 5) is 26.4. The predicted octanol–water partition coefficient (Wildman–Crippen LogP) is 3.22. The molecule has 1 heterocycles. The van der Waals surface area contributed by atoms with Crippen LogP contribution in [0.2, 0.25) is 0 Å². The van der Waals surface area contributed by atoms with E-state index in [-0.39, 0.29) is 5.91 Å². The van der Waals surface area contributed by atoms with Gasteiger partial charge in [0, 0.05) is 24.3 Å². The fraction of sp³-hybridized carbons (Fsp3) is 0.364. The van der Waals surface area contributed by atoms with Gasteiger partial charge in [-0.05, 0) is 74.7 Å². The standard InChI is InChI=1S/C22H27N3O4S/c1-15-7-10-20(14-16(15)2)25(30(4,28)29)17(3)22(27)23-18-8-11-19(12-9-18)24-13-5-6-21(24)26/h7-12,14,17H,5-6,13H2,1-4H3,(H,23,27)/t17-/m1/s1. The number of anilines is 3. The van der Waals surface area contributed by atoms with E-state index < -0.39 is 22.0 Å². The number of nitrogens with zero attached hydrogens (tertiary/aromatic N) is 2. The minimum atomic E-state index is -3.68. The zero-order valence-corrected chi connectivity index (χ0v) is 18.5. The van der Waals surface area contributed by atoms with Crippen molar-refractivity contribution < 1.29 is 18.0 Å². The van der Waals surface area contributed by atoms with E-state index in [1.165, 1.54) is 0 Å². The summed E-state index contributed by atoms with van der Waals surface area (Å²) in [5.74, 6) is -0.346. The molecule has 0 aromatic heterocycles. The number of hydrogen-bond acceptors (Lipinski definition) is 4. The van der Waals surface area contributed by atoms with Gasteiger partial charge in [-0.2, -0.15) is 0 Å². The van der Waals surface area contributed by atoms with E-state index in [4.69, 9.17) is 0 Å². The van der Waals surface area contributed by atoms with Gasteiger partial charge in [-0.1, -0.05) is 6.07 Å². The van der Waals surface area contributed by atoms with Crippen LogP contribution in [0.25, 0.3) is 0 Å². The van der Waals surface area contributed by atoms with Gasteiger partial charge in [0.15, 0.2) is 0 Å². The van der Waals surface area contributed by atoms with Gasteiger partial charge in [0.1, 0.15) is 6.04 Å². The maximum Gasteiger partial charge on any atom is 0.247 e. The Labute approximate surface area is 177 Å². The molecule has 1 aliphatic rings. The summed E-state index contributed by atoms with van der Waals surface area (Å²) in [6.07, 6.45) is 2.48. The van der Waals surface area contributed by atoms with Crippen molar-refractivity contribution in [3.05, 3.63) is 53.6 Å². The van der Waals surface area contributed by atoms with E-state index in [1.54, 1.807) is 48.2 Å². The van der Waals surface area contributed by atoms with Crippen molar-refractivity contribution in [2.24, 2.45) is 0 Å². The SMILES string of the molecule is Cc1ccc(N([C@H](C)C(=O)Nc2ccc(N3CCCC3=O)cc2)S(C)(=O)=O)cc1C. The summed E-state index contributed by atoms with van der Waals surface area (Å²) in [7, 11) is -3.68. The predicted molar refractivity (Wildman–Crippen MR) is 119 cm³/mol. The zero-order chi connectivity index (χ0) is 22.1. The maximum absolute atomic E-state index is 12.8. The second-order valence-corrected chi connectivity index (χ2v) is 9.55. The number of benzene rings is 2. The van der Waals surface area contributed by atoms with E-state index in [1.807, 2.05) is 19.9 Å². The highest BCUT2D eigenvalue weighted by atomic mass is 32.2. The van der Waals surface area contributed by atoms with E-state index in [2.05, 4.69) is 5.32 Å². The van der Waals surface area contributed by atoms with Gasteiger partial charge in [-0.25, -0.2) is 8.42 Å². The minimum absolute atomic E-state index is 0.0950. The molecule has 8 heteroatoms. The van der Waals surface area contributed by atoms with Gasteiger partial charge in [-0.3, -0.25) is 13.9 Å². The summed E-state index contributed by atoms with van der Waals surface area (Å²) in [5.41, 5.74) is 3.76. The highest BCUT2D eigenvalue weighted by Crippen LogP contribution is 2.26. The Balaban J connectivity index is 1.78. The summed E-state index contributed by atoms with van der Waals surface area (Å²) < 4.78 is 26.0. The minimum Gasteiger partial charge on any atom is -0.324 e. The first-order valence-corrected chi connectivity index (χ1v) is 11.7. The lowest BCUT2D eigenvalue weighted by Gasteiger charge is -2.28. The topological polar surface area (TPSA) is 86.8 Å². The molecule has 1 fully saturated rings. The summed E-state index contributed by atoms with van der Waals surface area (Å²) in [5, 5.41) is 2.77. The Morgan fingerprint density at radius 1 is 1.10 bits per heavy atom. The number of hydrogen-bond donors (Lipinski definition) is 1. The van der Waals surface area contributed by atoms with E-state index in [0.29, 0.717) is 24.3 Å². The largest absolute Gasteiger partial charge is 0.324 e. The fourth-order valence-electron chi connectivity index (χ4n) is 3.56. The van der Waals surface area contributed by atoms with Gasteiger partial charge in [0.25, 0.3) is 0 Å². The quantitative estimate of drug-likeness (QED) is 0.764. The maximum atomic E-state index is 12.8. The molecule has 7 nitrogen and oxygen atoms in total. The van der Waals surface area contributed by atoms with Crippen LogP contribution in [0, 0.1) is 13.8 Å². The number of carbonyl (C=O) groups is 2. The third-order valence-corrected chi connectivity index (χ3v) is 6.60. The number of rotatable bonds is 6. The molecule has 2 amide bonds. The molecule has 0 unspecified atom stereocenters. The van der Waals surface area contributed by atoms with Gasteiger partial charge in [0.2, 0.25) is 21.8 Å². The van der Waals surface area contributed by atoms with Gasteiger partial charge >= 0.3 is 0 Å². The molecular formula is C22H27N3O4S. The lowest BCUT2D eigenvalue weighted by molar-refractivity contribution is -0.117. The normalized spacial score (nSPS) is 15.2. The van der Waals surface area contributed by atoms with Crippen molar-refractivity contribution in [2.45, 2.75) is 39.7 Å². The monoisotopic (exact) mass is 429 g/mol. The first-order valence-electron chi connectivity index (χ1n) is 9.86. The van der Waals surface area contributed by atoms with Crippen molar-refractivity contribution >= 4 is 38.9 Å². The van der Waals surface area contributed by atoms with E-state index >= 15 is 0 Å². The van der Waals surface area contributed by atoms with Crippen molar-refractivity contribution in [2.75, 3.05) is 27.3 Å². The average Bonchev–Trinajstić information content (AvgIpc) is 3.10. The smallest absolute Gasteiger partial charge is 0.247 e. The highest BCUT2D eigenvalue weighted by molar-refractivity contribution is 7.92. The Morgan fingerprint density at radius 2 is 1.77 bits per heavy atom. The van der Waals surface area contributed by atoms with E-state index in [9.17, 15) is 18.0 Å². The second kappa shape index (κ2) is 8.47. The zero-order valence-electron chi connectivity index (χ0n) is 17.7. The number of aryl methyl sites for hydroxylation is 2. The molecule has 2 aromatic carbocycles. The number of nitrogens with one attached hydrogen (secondary N) is 1. The number of sulfonamides is 1. The molecule has 160 valence electrons. The van der Waals surface area contributed by atoms with Gasteiger partial charge < -0.3 is 10.2 Å². The molecule has 1 saturated heterocycles. The Kier molecular flexibility index (Phi) is 6.17. The summed E-state index contributed by atoms with van der Waals surface area (Å²) in [6.45, 7) is 6.10. The second-order valence-electron chi connectivity index (χ2n) is 7.69. The van der Waals surface area contributed by atoms with Gasteiger partial charge in [-0.15, -0.1) is 0 Å². The Morgan fingerprint density at radius 3 is 2.30 bits per heavy atom. The first-order chi connectivity index (χ1) is 14.1. The Hall–Kier alpha value is -2.87. The van der Waals surface area contributed by atoms with Crippen molar-refractivity contribution in [3.8, 4) is 0 Å². The molecule has 0 aliphatic carbocycles. The molecule has 30 heavy (non-hydrogen) atoms. The van der Waals surface area contributed by atoms with Crippen molar-refractivity contribution in [3.63, 3.8) is 0 Å². The summed E-state index contributed by atoms with van der Waals surface area (Å²) in [6, 6.07) is 11.4. The van der Waals surface area contributed by atoms with Crippen LogP contribution >= 0.6 is 0 Å². The van der Waals surface area contributed by atoms with Gasteiger partial charge in [0.05, 0.1) is 11.9 Å². The van der Waals surface area contributed by atoms with Crippen LogP contribution in [0.1, 0.15) is 30.9 Å². The van der Waals surface area contributed by atoms with Crippen LogP contribution in [0.15, 0.2) is 42.5 Å². The Bertz CT molecular complexity index is 1060. The van der Waals surface area contributed by atoms with Crippen LogP contribution in [0.4, 0.5) is 17.1 Å². The summed E-state index contributed by atoms with van der Waals surface area (Å²) >= 11 is 0. The van der Waals surface area contributed by atoms with Crippen LogP contribution in [0.3, 0.4) is 0 Å². The van der Waals surface area contributed by atoms with E-state index in [0.717, 1.165) is 33.8 Å². The molecule has 0 radical (unpaired) electrons. The van der Waals surface area contributed by atoms with Crippen LogP contribution in [-0.2, 0) is 19.6 Å². The molecule has 0 saturated carbocycles. The van der Waals surface area contributed by atoms with Crippen LogP contribution in [-0.4, -0.2) is 39.1 Å². The lowest BCUT2D eigenvalue weighted by Crippen LogP contribution is -2.45. The van der Waals surface area contributed by atoms with Crippen molar-refractivity contribution in [1.29, 1.82) is 0 Å². The molecule has 1 aliphatic heterocycles. The fourth-order valence-corrected chi connectivity index (χ4v) is 4.73. The van der Waals surface area contributed by atoms with Crippen LogP contribution in [0.5, 0.6) is 0 Å². The van der Waals surface area contributed by atoms with Crippen molar-refractivity contribution in [1.82, 2.24) is 0 Å². The molecule has 0 spiro atoms. The third kappa shape index (κ3) is 4.64. The number of amides is 2. The highest BCUT2D eigenvalue weighted by Gasteiger charge is 2.29. The molecule has 1 atom stereocenters. The lowest BCUT2D eigenvalue weighted by atomic mass is 10.1. The average molecular weight is 430 g/mol. The number of carbonyl (C=O) groups excluding carboxylic acids is 2. The molecule has 1 N–H and O–H groups in total. The first kappa shape index (κ1) is 21.8. The third-order valence-electron chi connectivity index (χ3n) is 5.35. The molecular weight excluding hydrogens is 402 g/mol. The van der Waals surface area contributed by atoms with Crippen LogP contribution < -0.4 is 14.5 Å². The molecule has 2 aromatic rings.